The summed E-state index contributed by atoms with van der Waals surface area (Å²) in [4.78, 5) is 0. The molecule has 1 N–H and O–H groups in total. The minimum absolute atomic E-state index is 0.436. The van der Waals surface area contributed by atoms with Crippen LogP contribution in [-0.2, 0) is 0 Å². The van der Waals surface area contributed by atoms with Gasteiger partial charge in [0.05, 0.1) is 0 Å². The zero-order valence-corrected chi connectivity index (χ0v) is 12.0. The normalized spacial score (nSPS) is 19.2. The molecule has 1 saturated heterocycles. The van der Waals surface area contributed by atoms with E-state index in [2.05, 4.69) is 57.6 Å². The molecule has 1 aromatic rings. The lowest BCUT2D eigenvalue weighted by atomic mass is 10.1. The Bertz CT molecular complexity index is 348. The van der Waals surface area contributed by atoms with E-state index in [4.69, 9.17) is 0 Å². The summed E-state index contributed by atoms with van der Waals surface area (Å²) in [6.07, 6.45) is 5.14. The highest BCUT2D eigenvalue weighted by Crippen LogP contribution is 2.21. The molecule has 1 fully saturated rings. The molecule has 0 radical (unpaired) electrons. The lowest BCUT2D eigenvalue weighted by molar-refractivity contribution is 0.126. The molecule has 2 nitrogen and oxygen atoms in total. The van der Waals surface area contributed by atoms with Crippen LogP contribution >= 0.6 is 15.9 Å². The van der Waals surface area contributed by atoms with Crippen LogP contribution in [0.2, 0.25) is 0 Å². The molecule has 94 valence electrons. The van der Waals surface area contributed by atoms with Crippen LogP contribution in [0.25, 0.3) is 0 Å². The predicted molar refractivity (Wildman–Crippen MR) is 75.7 cm³/mol. The largest absolute Gasteiger partial charge is 0.248 e. The number of hydrogen-bond donors (Lipinski definition) is 1. The molecule has 0 amide bonds. The molecule has 2 rings (SSSR count). The molecule has 0 bridgehead atoms. The summed E-state index contributed by atoms with van der Waals surface area (Å²) in [6, 6.07) is 9.04. The minimum atomic E-state index is 0.436. The summed E-state index contributed by atoms with van der Waals surface area (Å²) < 4.78 is 1.16. The maximum absolute atomic E-state index is 3.66. The van der Waals surface area contributed by atoms with Crippen LogP contribution in [0, 0.1) is 0 Å². The molecule has 0 aliphatic carbocycles. The SMILES string of the molecule is CCC(NN1CCCCC1)c1cccc(Br)c1. The van der Waals surface area contributed by atoms with Crippen molar-refractivity contribution >= 4 is 15.9 Å². The third kappa shape index (κ3) is 3.80. The van der Waals surface area contributed by atoms with Gasteiger partial charge in [0.2, 0.25) is 0 Å². The van der Waals surface area contributed by atoms with Crippen LogP contribution in [0.5, 0.6) is 0 Å². The van der Waals surface area contributed by atoms with E-state index >= 15 is 0 Å². The smallest absolute Gasteiger partial charge is 0.0462 e. The fourth-order valence-corrected chi connectivity index (χ4v) is 2.79. The summed E-state index contributed by atoms with van der Waals surface area (Å²) >= 11 is 3.54. The molecule has 3 heteroatoms. The van der Waals surface area contributed by atoms with E-state index in [-0.39, 0.29) is 0 Å². The van der Waals surface area contributed by atoms with E-state index in [1.807, 2.05) is 0 Å². The second-order valence-electron chi connectivity index (χ2n) is 4.69. The number of piperidine rings is 1. The van der Waals surface area contributed by atoms with Crippen LogP contribution in [0.3, 0.4) is 0 Å². The Morgan fingerprint density at radius 1 is 1.29 bits per heavy atom. The van der Waals surface area contributed by atoms with Crippen molar-refractivity contribution in [1.29, 1.82) is 0 Å². The van der Waals surface area contributed by atoms with E-state index in [0.29, 0.717) is 6.04 Å². The number of halogens is 1. The molecule has 1 aromatic carbocycles. The van der Waals surface area contributed by atoms with E-state index in [9.17, 15) is 0 Å². The quantitative estimate of drug-likeness (QED) is 0.907. The Kier molecular flexibility index (Phi) is 5.01. The number of benzene rings is 1. The zero-order valence-electron chi connectivity index (χ0n) is 10.5. The highest BCUT2D eigenvalue weighted by Gasteiger charge is 2.15. The predicted octanol–water partition coefficient (Wildman–Crippen LogP) is 3.89. The van der Waals surface area contributed by atoms with Crippen molar-refractivity contribution < 1.29 is 0 Å². The first-order valence-corrected chi connectivity index (χ1v) is 7.35. The van der Waals surface area contributed by atoms with Gasteiger partial charge in [-0.3, -0.25) is 0 Å². The molecule has 0 saturated carbocycles. The molecular weight excluding hydrogens is 276 g/mol. The molecule has 1 unspecified atom stereocenters. The molecule has 0 aromatic heterocycles. The lowest BCUT2D eigenvalue weighted by Crippen LogP contribution is -2.43. The van der Waals surface area contributed by atoms with Crippen LogP contribution < -0.4 is 5.43 Å². The molecule has 1 heterocycles. The first-order valence-electron chi connectivity index (χ1n) is 6.56. The van der Waals surface area contributed by atoms with Gasteiger partial charge in [-0.15, -0.1) is 0 Å². The number of nitrogens with one attached hydrogen (secondary N) is 1. The fraction of sp³-hybridized carbons (Fsp3) is 0.571. The Labute approximate surface area is 112 Å². The van der Waals surface area contributed by atoms with E-state index in [1.165, 1.54) is 37.9 Å². The fourth-order valence-electron chi connectivity index (χ4n) is 2.37. The summed E-state index contributed by atoms with van der Waals surface area (Å²) in [5, 5.41) is 2.39. The molecule has 1 atom stereocenters. The zero-order chi connectivity index (χ0) is 12.1. The third-order valence-electron chi connectivity index (χ3n) is 3.35. The highest BCUT2D eigenvalue weighted by atomic mass is 79.9. The van der Waals surface area contributed by atoms with E-state index in [1.54, 1.807) is 0 Å². The van der Waals surface area contributed by atoms with Crippen LogP contribution in [0.1, 0.15) is 44.2 Å². The van der Waals surface area contributed by atoms with Crippen molar-refractivity contribution in [1.82, 2.24) is 10.4 Å². The van der Waals surface area contributed by atoms with Crippen molar-refractivity contribution in [3.05, 3.63) is 34.3 Å². The number of nitrogens with zero attached hydrogens (tertiary/aromatic N) is 1. The molecular formula is C14H21BrN2. The van der Waals surface area contributed by atoms with Crippen molar-refractivity contribution in [2.45, 2.75) is 38.6 Å². The monoisotopic (exact) mass is 296 g/mol. The summed E-state index contributed by atoms with van der Waals surface area (Å²) in [5.74, 6) is 0. The van der Waals surface area contributed by atoms with Crippen molar-refractivity contribution in [3.8, 4) is 0 Å². The van der Waals surface area contributed by atoms with Gasteiger partial charge in [0.15, 0.2) is 0 Å². The lowest BCUT2D eigenvalue weighted by Gasteiger charge is -2.31. The number of hydrogen-bond acceptors (Lipinski definition) is 2. The average molecular weight is 297 g/mol. The molecule has 1 aliphatic rings. The van der Waals surface area contributed by atoms with Crippen LogP contribution in [-0.4, -0.2) is 18.1 Å². The Hall–Kier alpha value is -0.380. The summed E-state index contributed by atoms with van der Waals surface area (Å²) in [5.41, 5.74) is 5.03. The Morgan fingerprint density at radius 2 is 2.06 bits per heavy atom. The van der Waals surface area contributed by atoms with Gasteiger partial charge in [0.1, 0.15) is 0 Å². The van der Waals surface area contributed by atoms with Gasteiger partial charge in [0.25, 0.3) is 0 Å². The second kappa shape index (κ2) is 6.53. The van der Waals surface area contributed by atoms with Gasteiger partial charge < -0.3 is 0 Å². The first-order chi connectivity index (χ1) is 8.29. The maximum atomic E-state index is 3.66. The van der Waals surface area contributed by atoms with Gasteiger partial charge in [-0.1, -0.05) is 41.4 Å². The molecule has 0 spiro atoms. The Morgan fingerprint density at radius 3 is 2.71 bits per heavy atom. The average Bonchev–Trinajstić information content (AvgIpc) is 2.37. The number of hydrazine groups is 1. The third-order valence-corrected chi connectivity index (χ3v) is 3.85. The second-order valence-corrected chi connectivity index (χ2v) is 5.61. The van der Waals surface area contributed by atoms with Crippen LogP contribution in [0.15, 0.2) is 28.7 Å². The van der Waals surface area contributed by atoms with E-state index < -0.39 is 0 Å². The molecule has 17 heavy (non-hydrogen) atoms. The number of rotatable bonds is 4. The Balaban J connectivity index is 2.00. The highest BCUT2D eigenvalue weighted by molar-refractivity contribution is 9.10. The summed E-state index contributed by atoms with van der Waals surface area (Å²) in [7, 11) is 0. The maximum Gasteiger partial charge on any atom is 0.0462 e. The van der Waals surface area contributed by atoms with Gasteiger partial charge in [-0.25, -0.2) is 10.4 Å². The van der Waals surface area contributed by atoms with Gasteiger partial charge in [-0.2, -0.15) is 0 Å². The standard InChI is InChI=1S/C14H21BrN2/c1-2-14(12-7-6-8-13(15)11-12)16-17-9-4-3-5-10-17/h6-8,11,14,16H,2-5,9-10H2,1H3. The van der Waals surface area contributed by atoms with Crippen LogP contribution in [0.4, 0.5) is 0 Å². The van der Waals surface area contributed by atoms with Gasteiger partial charge in [0, 0.05) is 23.6 Å². The van der Waals surface area contributed by atoms with Gasteiger partial charge >= 0.3 is 0 Å². The van der Waals surface area contributed by atoms with E-state index in [0.717, 1.165) is 10.9 Å². The van der Waals surface area contributed by atoms with Crippen molar-refractivity contribution in [2.24, 2.45) is 0 Å². The minimum Gasteiger partial charge on any atom is -0.248 e. The van der Waals surface area contributed by atoms with Gasteiger partial charge in [-0.05, 0) is 37.0 Å². The first kappa shape index (κ1) is 13.1. The van der Waals surface area contributed by atoms with Crippen molar-refractivity contribution in [2.75, 3.05) is 13.1 Å². The summed E-state index contributed by atoms with van der Waals surface area (Å²) in [6.45, 7) is 4.61. The topological polar surface area (TPSA) is 15.3 Å². The van der Waals surface area contributed by atoms with Crippen molar-refractivity contribution in [3.63, 3.8) is 0 Å². The molecule has 1 aliphatic heterocycles.